The van der Waals surface area contributed by atoms with Crippen molar-refractivity contribution in [3.05, 3.63) is 0 Å². The van der Waals surface area contributed by atoms with E-state index in [1.54, 1.807) is 8.61 Å². The Kier molecular flexibility index (Phi) is 6.47. The lowest BCUT2D eigenvalue weighted by atomic mass is 10.0. The molecule has 0 spiro atoms. The van der Waals surface area contributed by atoms with Crippen LogP contribution in [0, 0.1) is 5.92 Å². The van der Waals surface area contributed by atoms with E-state index in [1.165, 1.54) is 0 Å². The Morgan fingerprint density at radius 2 is 2.10 bits per heavy atom. The Morgan fingerprint density at radius 1 is 1.29 bits per heavy atom. The number of piperidine rings is 1. The number of nitrogens with zero attached hydrogens (tertiary/aromatic N) is 2. The zero-order valence-corrected chi connectivity index (χ0v) is 14.4. The molecule has 0 amide bonds. The zero-order valence-electron chi connectivity index (χ0n) is 13.6. The van der Waals surface area contributed by atoms with Gasteiger partial charge < -0.3 is 5.32 Å². The molecule has 124 valence electrons. The van der Waals surface area contributed by atoms with E-state index in [1.807, 2.05) is 0 Å². The highest BCUT2D eigenvalue weighted by Gasteiger charge is 2.33. The summed E-state index contributed by atoms with van der Waals surface area (Å²) in [7, 11) is -3.29. The van der Waals surface area contributed by atoms with Gasteiger partial charge in [0.2, 0.25) is 0 Å². The topological polar surface area (TPSA) is 52.7 Å². The second-order valence-corrected chi connectivity index (χ2v) is 8.55. The van der Waals surface area contributed by atoms with E-state index in [-0.39, 0.29) is 0 Å². The molecule has 0 aliphatic carbocycles. The number of nitrogens with one attached hydrogen (secondary N) is 1. The van der Waals surface area contributed by atoms with Crippen LogP contribution in [-0.4, -0.2) is 55.8 Å². The third-order valence-electron chi connectivity index (χ3n) is 4.62. The van der Waals surface area contributed by atoms with Crippen LogP contribution < -0.4 is 5.32 Å². The van der Waals surface area contributed by atoms with Crippen LogP contribution in [0.4, 0.5) is 0 Å². The lowest BCUT2D eigenvalue weighted by molar-refractivity contribution is 0.251. The summed E-state index contributed by atoms with van der Waals surface area (Å²) in [6, 6.07) is 0.332. The van der Waals surface area contributed by atoms with Crippen molar-refractivity contribution in [2.75, 3.05) is 32.7 Å². The summed E-state index contributed by atoms with van der Waals surface area (Å²) in [5.74, 6) is 0.478. The van der Waals surface area contributed by atoms with Crippen molar-refractivity contribution in [1.82, 2.24) is 13.9 Å². The molecule has 0 aromatic heterocycles. The van der Waals surface area contributed by atoms with Crippen LogP contribution in [0.25, 0.3) is 0 Å². The predicted octanol–water partition coefficient (Wildman–Crippen LogP) is 1.82. The van der Waals surface area contributed by atoms with E-state index >= 15 is 0 Å². The third kappa shape index (κ3) is 4.65. The van der Waals surface area contributed by atoms with Gasteiger partial charge in [-0.25, -0.2) is 0 Å². The van der Waals surface area contributed by atoms with Gasteiger partial charge in [-0.1, -0.05) is 20.3 Å². The SMILES string of the molecule is CCCCN(CC1CCCN1)S(=O)(=O)N1CCCC(C)C1. The molecule has 2 atom stereocenters. The van der Waals surface area contributed by atoms with Gasteiger partial charge in [0.05, 0.1) is 0 Å². The maximum Gasteiger partial charge on any atom is 0.282 e. The fourth-order valence-corrected chi connectivity index (χ4v) is 5.17. The van der Waals surface area contributed by atoms with Gasteiger partial charge >= 0.3 is 0 Å². The van der Waals surface area contributed by atoms with Gasteiger partial charge in [-0.3, -0.25) is 0 Å². The molecule has 2 aliphatic heterocycles. The number of unbranched alkanes of at least 4 members (excludes halogenated alkanes) is 1. The molecule has 0 aromatic rings. The molecule has 2 unspecified atom stereocenters. The summed E-state index contributed by atoms with van der Waals surface area (Å²) in [4.78, 5) is 0. The van der Waals surface area contributed by atoms with E-state index in [4.69, 9.17) is 0 Å². The van der Waals surface area contributed by atoms with Gasteiger partial charge in [0.25, 0.3) is 10.2 Å². The molecule has 0 saturated carbocycles. The predicted molar refractivity (Wildman–Crippen MR) is 86.4 cm³/mol. The molecule has 2 saturated heterocycles. The van der Waals surface area contributed by atoms with Crippen molar-refractivity contribution in [3.8, 4) is 0 Å². The highest BCUT2D eigenvalue weighted by Crippen LogP contribution is 2.22. The molecule has 2 heterocycles. The molecule has 2 aliphatic rings. The smallest absolute Gasteiger partial charge is 0.282 e. The van der Waals surface area contributed by atoms with Gasteiger partial charge in [-0.2, -0.15) is 17.0 Å². The van der Waals surface area contributed by atoms with Crippen molar-refractivity contribution in [1.29, 1.82) is 0 Å². The molecule has 2 rings (SSSR count). The van der Waals surface area contributed by atoms with E-state index in [9.17, 15) is 8.42 Å². The summed E-state index contributed by atoms with van der Waals surface area (Å²) in [5.41, 5.74) is 0. The molecule has 2 fully saturated rings. The summed E-state index contributed by atoms with van der Waals surface area (Å²) in [6.07, 6.45) is 6.35. The van der Waals surface area contributed by atoms with Gasteiger partial charge in [0.15, 0.2) is 0 Å². The van der Waals surface area contributed by atoms with Crippen LogP contribution in [0.2, 0.25) is 0 Å². The Balaban J connectivity index is 2.04. The summed E-state index contributed by atoms with van der Waals surface area (Å²) >= 11 is 0. The molecule has 0 bridgehead atoms. The molecular weight excluding hydrogens is 286 g/mol. The number of rotatable bonds is 7. The lowest BCUT2D eigenvalue weighted by Crippen LogP contribution is -2.50. The largest absolute Gasteiger partial charge is 0.313 e. The van der Waals surface area contributed by atoms with Gasteiger partial charge in [-0.05, 0) is 44.6 Å². The minimum Gasteiger partial charge on any atom is -0.313 e. The monoisotopic (exact) mass is 317 g/mol. The number of hydrogen-bond acceptors (Lipinski definition) is 3. The Morgan fingerprint density at radius 3 is 2.71 bits per heavy atom. The average molecular weight is 317 g/mol. The first kappa shape index (κ1) is 17.2. The quantitative estimate of drug-likeness (QED) is 0.779. The van der Waals surface area contributed by atoms with E-state index in [0.29, 0.717) is 38.1 Å². The van der Waals surface area contributed by atoms with E-state index in [2.05, 4.69) is 19.2 Å². The molecule has 0 aromatic carbocycles. The van der Waals surface area contributed by atoms with Crippen LogP contribution in [0.1, 0.15) is 52.4 Å². The summed E-state index contributed by atoms with van der Waals surface area (Å²) < 4.78 is 29.3. The molecule has 1 N–H and O–H groups in total. The van der Waals surface area contributed by atoms with E-state index < -0.39 is 10.2 Å². The van der Waals surface area contributed by atoms with Crippen molar-refractivity contribution < 1.29 is 8.42 Å². The van der Waals surface area contributed by atoms with Crippen molar-refractivity contribution in [2.45, 2.75) is 58.4 Å². The van der Waals surface area contributed by atoms with Crippen molar-refractivity contribution in [2.24, 2.45) is 5.92 Å². The minimum atomic E-state index is -3.29. The molecule has 21 heavy (non-hydrogen) atoms. The Bertz CT molecular complexity index is 407. The fourth-order valence-electron chi connectivity index (χ4n) is 3.31. The van der Waals surface area contributed by atoms with Crippen molar-refractivity contribution in [3.63, 3.8) is 0 Å². The third-order valence-corrected chi connectivity index (χ3v) is 6.59. The molecular formula is C15H31N3O2S. The second kappa shape index (κ2) is 7.90. The highest BCUT2D eigenvalue weighted by atomic mass is 32.2. The zero-order chi connectivity index (χ0) is 15.3. The maximum atomic E-state index is 12.9. The maximum absolute atomic E-state index is 12.9. The Labute approximate surface area is 130 Å². The highest BCUT2D eigenvalue weighted by molar-refractivity contribution is 7.86. The fraction of sp³-hybridized carbons (Fsp3) is 1.00. The van der Waals surface area contributed by atoms with Crippen LogP contribution in [0.3, 0.4) is 0 Å². The average Bonchev–Trinajstić information content (AvgIpc) is 2.96. The van der Waals surface area contributed by atoms with Crippen LogP contribution in [0.15, 0.2) is 0 Å². The van der Waals surface area contributed by atoms with Crippen LogP contribution in [0.5, 0.6) is 0 Å². The molecule has 6 heteroatoms. The van der Waals surface area contributed by atoms with Gasteiger partial charge in [0, 0.05) is 32.2 Å². The molecule has 0 radical (unpaired) electrons. The first-order chi connectivity index (χ1) is 10.0. The van der Waals surface area contributed by atoms with Crippen LogP contribution in [-0.2, 0) is 10.2 Å². The second-order valence-electron chi connectivity index (χ2n) is 6.62. The summed E-state index contributed by atoms with van der Waals surface area (Å²) in [5, 5.41) is 3.42. The first-order valence-electron chi connectivity index (χ1n) is 8.52. The Hall–Kier alpha value is -0.170. The molecule has 5 nitrogen and oxygen atoms in total. The normalized spacial score (nSPS) is 28.3. The van der Waals surface area contributed by atoms with Gasteiger partial charge in [0.1, 0.15) is 0 Å². The van der Waals surface area contributed by atoms with E-state index in [0.717, 1.165) is 45.1 Å². The minimum absolute atomic E-state index is 0.332. The number of hydrogen-bond donors (Lipinski definition) is 1. The first-order valence-corrected chi connectivity index (χ1v) is 9.92. The van der Waals surface area contributed by atoms with Crippen molar-refractivity contribution >= 4 is 10.2 Å². The standard InChI is InChI=1S/C15H31N3O2S/c1-3-4-10-18(13-15-8-5-9-16-15)21(19,20)17-11-6-7-14(2)12-17/h14-16H,3-13H2,1-2H3. The summed E-state index contributed by atoms with van der Waals surface area (Å²) in [6.45, 7) is 7.94. The lowest BCUT2D eigenvalue weighted by Gasteiger charge is -2.35. The van der Waals surface area contributed by atoms with Gasteiger partial charge in [-0.15, -0.1) is 0 Å². The van der Waals surface area contributed by atoms with Crippen LogP contribution >= 0.6 is 0 Å².